The van der Waals surface area contributed by atoms with Crippen molar-refractivity contribution in [3.05, 3.63) is 35.9 Å². The molecule has 1 aliphatic carbocycles. The average Bonchev–Trinajstić information content (AvgIpc) is 3.34. The van der Waals surface area contributed by atoms with Gasteiger partial charge in [-0.1, -0.05) is 43.7 Å². The van der Waals surface area contributed by atoms with E-state index in [0.29, 0.717) is 12.0 Å². The minimum Gasteiger partial charge on any atom is -0.444 e. The van der Waals surface area contributed by atoms with Crippen LogP contribution < -0.4 is 10.6 Å². The summed E-state index contributed by atoms with van der Waals surface area (Å²) < 4.78 is 5.41. The predicted octanol–water partition coefficient (Wildman–Crippen LogP) is 4.42. The fourth-order valence-electron chi connectivity index (χ4n) is 2.92. The predicted molar refractivity (Wildman–Crippen MR) is 98.0 cm³/mol. The molecule has 0 bridgehead atoms. The van der Waals surface area contributed by atoms with Crippen molar-refractivity contribution >= 4 is 6.09 Å². The number of carbonyl (C=O) groups excluding carboxylic acids is 1. The molecule has 4 nitrogen and oxygen atoms in total. The molecular formula is C20H32N2O2. The molecule has 4 heteroatoms. The fraction of sp³-hybridized carbons (Fsp3) is 0.650. The van der Waals surface area contributed by atoms with Gasteiger partial charge in [-0.3, -0.25) is 0 Å². The van der Waals surface area contributed by atoms with Crippen molar-refractivity contribution in [2.75, 3.05) is 6.54 Å². The van der Waals surface area contributed by atoms with E-state index in [2.05, 4.69) is 41.8 Å². The van der Waals surface area contributed by atoms with Crippen molar-refractivity contribution < 1.29 is 9.53 Å². The highest BCUT2D eigenvalue weighted by atomic mass is 16.6. The lowest BCUT2D eigenvalue weighted by Crippen LogP contribution is -2.46. The molecule has 1 aromatic rings. The van der Waals surface area contributed by atoms with E-state index in [-0.39, 0.29) is 12.1 Å². The molecule has 2 rings (SSSR count). The molecule has 0 aliphatic heterocycles. The Bertz CT molecular complexity index is 506. The van der Waals surface area contributed by atoms with Gasteiger partial charge in [-0.25, -0.2) is 4.79 Å². The first-order chi connectivity index (χ1) is 11.4. The van der Waals surface area contributed by atoms with Gasteiger partial charge in [0, 0.05) is 18.6 Å². The van der Waals surface area contributed by atoms with Crippen LogP contribution in [0.4, 0.5) is 4.79 Å². The molecule has 134 valence electrons. The molecule has 2 unspecified atom stereocenters. The Morgan fingerprint density at radius 1 is 1.25 bits per heavy atom. The third-order valence-corrected chi connectivity index (χ3v) is 4.26. The molecule has 2 atom stereocenters. The number of alkyl carbamates (subject to hydrolysis) is 1. The first-order valence-electron chi connectivity index (χ1n) is 9.17. The third-order valence-electron chi connectivity index (χ3n) is 4.26. The van der Waals surface area contributed by atoms with Crippen molar-refractivity contribution in [2.24, 2.45) is 5.92 Å². The second kappa shape index (κ2) is 8.52. The smallest absolute Gasteiger partial charge is 0.407 e. The normalized spacial score (nSPS) is 17.2. The maximum atomic E-state index is 12.1. The fourth-order valence-corrected chi connectivity index (χ4v) is 2.92. The highest BCUT2D eigenvalue weighted by Gasteiger charge is 2.33. The largest absolute Gasteiger partial charge is 0.444 e. The van der Waals surface area contributed by atoms with E-state index in [9.17, 15) is 4.79 Å². The van der Waals surface area contributed by atoms with Crippen LogP contribution in [-0.2, 0) is 4.74 Å². The second-order valence-corrected chi connectivity index (χ2v) is 7.75. The maximum absolute atomic E-state index is 12.1. The van der Waals surface area contributed by atoms with Gasteiger partial charge in [-0.15, -0.1) is 0 Å². The van der Waals surface area contributed by atoms with Crippen LogP contribution in [0, 0.1) is 5.92 Å². The summed E-state index contributed by atoms with van der Waals surface area (Å²) in [5, 5.41) is 6.72. The minimum absolute atomic E-state index is 0.142. The number of carbonyl (C=O) groups is 1. The Morgan fingerprint density at radius 2 is 1.92 bits per heavy atom. The van der Waals surface area contributed by atoms with E-state index in [4.69, 9.17) is 4.74 Å². The molecule has 0 aromatic heterocycles. The van der Waals surface area contributed by atoms with Gasteiger partial charge >= 0.3 is 6.09 Å². The SMILES string of the molecule is CCCC(NCC(NC(=O)OC(C)(C)C)C1CC1)c1ccccc1. The van der Waals surface area contributed by atoms with Crippen LogP contribution in [0.2, 0.25) is 0 Å². The lowest BCUT2D eigenvalue weighted by Gasteiger charge is -2.26. The van der Waals surface area contributed by atoms with Crippen LogP contribution in [0.5, 0.6) is 0 Å². The summed E-state index contributed by atoms with van der Waals surface area (Å²) in [6.07, 6.45) is 4.28. The van der Waals surface area contributed by atoms with Gasteiger partial charge in [0.15, 0.2) is 0 Å². The standard InChI is InChI=1S/C20H32N2O2/c1-5-9-17(15-10-7-6-8-11-15)21-14-18(16-12-13-16)22-19(23)24-20(2,3)4/h6-8,10-11,16-18,21H,5,9,12-14H2,1-4H3,(H,22,23). The summed E-state index contributed by atoms with van der Waals surface area (Å²) >= 11 is 0. The van der Waals surface area contributed by atoms with Crippen molar-refractivity contribution in [1.29, 1.82) is 0 Å². The summed E-state index contributed by atoms with van der Waals surface area (Å²) in [5.41, 5.74) is 0.853. The Balaban J connectivity index is 1.91. The number of ether oxygens (including phenoxy) is 1. The van der Waals surface area contributed by atoms with E-state index in [1.165, 1.54) is 18.4 Å². The van der Waals surface area contributed by atoms with Gasteiger partial charge < -0.3 is 15.4 Å². The van der Waals surface area contributed by atoms with Crippen molar-refractivity contribution in [1.82, 2.24) is 10.6 Å². The van der Waals surface area contributed by atoms with Gasteiger partial charge in [-0.2, -0.15) is 0 Å². The molecule has 1 fully saturated rings. The van der Waals surface area contributed by atoms with E-state index in [1.54, 1.807) is 0 Å². The van der Waals surface area contributed by atoms with Crippen molar-refractivity contribution in [3.8, 4) is 0 Å². The van der Waals surface area contributed by atoms with Gasteiger partial charge in [0.25, 0.3) is 0 Å². The van der Waals surface area contributed by atoms with Crippen LogP contribution in [0.25, 0.3) is 0 Å². The summed E-state index contributed by atoms with van der Waals surface area (Å²) in [6, 6.07) is 11.0. The molecule has 0 saturated heterocycles. The molecular weight excluding hydrogens is 300 g/mol. The molecule has 1 aromatic carbocycles. The Hall–Kier alpha value is -1.55. The Morgan fingerprint density at radius 3 is 2.46 bits per heavy atom. The lowest BCUT2D eigenvalue weighted by atomic mass is 10.0. The average molecular weight is 332 g/mol. The van der Waals surface area contributed by atoms with Crippen LogP contribution >= 0.6 is 0 Å². The van der Waals surface area contributed by atoms with Crippen LogP contribution in [-0.4, -0.2) is 24.3 Å². The van der Waals surface area contributed by atoms with Gasteiger partial charge in [0.05, 0.1) is 0 Å². The Labute approximate surface area is 146 Å². The molecule has 1 aliphatic rings. The van der Waals surface area contributed by atoms with Gasteiger partial charge in [-0.05, 0) is 51.5 Å². The van der Waals surface area contributed by atoms with Crippen molar-refractivity contribution in [2.45, 2.75) is 71.1 Å². The maximum Gasteiger partial charge on any atom is 0.407 e. The zero-order chi connectivity index (χ0) is 17.6. The van der Waals surface area contributed by atoms with Crippen molar-refractivity contribution in [3.63, 3.8) is 0 Å². The number of amides is 1. The zero-order valence-corrected chi connectivity index (χ0v) is 15.5. The molecule has 1 saturated carbocycles. The summed E-state index contributed by atoms with van der Waals surface area (Å²) in [7, 11) is 0. The highest BCUT2D eigenvalue weighted by molar-refractivity contribution is 5.68. The number of rotatable bonds is 8. The van der Waals surface area contributed by atoms with E-state index in [0.717, 1.165) is 19.4 Å². The van der Waals surface area contributed by atoms with E-state index < -0.39 is 5.60 Å². The number of hydrogen-bond donors (Lipinski definition) is 2. The summed E-state index contributed by atoms with van der Waals surface area (Å²) in [5.74, 6) is 0.572. The molecule has 0 radical (unpaired) electrons. The first-order valence-corrected chi connectivity index (χ1v) is 9.17. The van der Waals surface area contributed by atoms with E-state index >= 15 is 0 Å². The quantitative estimate of drug-likeness (QED) is 0.741. The van der Waals surface area contributed by atoms with Gasteiger partial charge in [0.1, 0.15) is 5.60 Å². The molecule has 24 heavy (non-hydrogen) atoms. The number of benzene rings is 1. The first kappa shape index (κ1) is 18.8. The van der Waals surface area contributed by atoms with Gasteiger partial charge in [0.2, 0.25) is 0 Å². The second-order valence-electron chi connectivity index (χ2n) is 7.75. The highest BCUT2D eigenvalue weighted by Crippen LogP contribution is 2.33. The minimum atomic E-state index is -0.458. The molecule has 2 N–H and O–H groups in total. The number of nitrogens with one attached hydrogen (secondary N) is 2. The zero-order valence-electron chi connectivity index (χ0n) is 15.5. The van der Waals surface area contributed by atoms with E-state index in [1.807, 2.05) is 26.8 Å². The summed E-state index contributed by atoms with van der Waals surface area (Å²) in [4.78, 5) is 12.1. The van der Waals surface area contributed by atoms with Crippen LogP contribution in [0.15, 0.2) is 30.3 Å². The topological polar surface area (TPSA) is 50.4 Å². The summed E-state index contributed by atoms with van der Waals surface area (Å²) in [6.45, 7) is 8.66. The third kappa shape index (κ3) is 6.52. The monoisotopic (exact) mass is 332 g/mol. The number of hydrogen-bond acceptors (Lipinski definition) is 3. The van der Waals surface area contributed by atoms with Crippen LogP contribution in [0.3, 0.4) is 0 Å². The molecule has 0 heterocycles. The molecule has 1 amide bonds. The Kier molecular flexibility index (Phi) is 6.67. The van der Waals surface area contributed by atoms with Crippen LogP contribution in [0.1, 0.15) is 65.0 Å². The lowest BCUT2D eigenvalue weighted by molar-refractivity contribution is 0.0496. The molecule has 0 spiro atoms.